The Morgan fingerprint density at radius 3 is 2.64 bits per heavy atom. The fraction of sp³-hybridized carbons (Fsp3) is 0.450. The summed E-state index contributed by atoms with van der Waals surface area (Å²) in [6, 6.07) is 4.49. The molecule has 0 atom stereocenters. The Bertz CT molecular complexity index is 798. The minimum absolute atomic E-state index is 0.0436. The first-order valence-corrected chi connectivity index (χ1v) is 9.47. The lowest BCUT2D eigenvalue weighted by Gasteiger charge is -2.28. The van der Waals surface area contributed by atoms with Crippen molar-refractivity contribution in [2.45, 2.75) is 45.1 Å². The van der Waals surface area contributed by atoms with Gasteiger partial charge in [0.2, 0.25) is 0 Å². The topological polar surface area (TPSA) is 105 Å². The number of imide groups is 1. The van der Waals surface area contributed by atoms with Crippen molar-refractivity contribution in [3.8, 4) is 11.5 Å². The molecular weight excluding hydrogens is 364 g/mol. The summed E-state index contributed by atoms with van der Waals surface area (Å²) in [6.45, 7) is 1.69. The van der Waals surface area contributed by atoms with Crippen LogP contribution in [0.15, 0.2) is 23.9 Å². The van der Waals surface area contributed by atoms with Gasteiger partial charge in [-0.3, -0.25) is 9.69 Å². The maximum Gasteiger partial charge on any atom is 0.341 e. The number of carboxylic acid groups (broad SMARTS) is 1. The smallest absolute Gasteiger partial charge is 0.341 e. The third kappa shape index (κ3) is 4.44. The second kappa shape index (κ2) is 8.77. The van der Waals surface area contributed by atoms with Gasteiger partial charge in [0.05, 0.1) is 6.61 Å². The highest BCUT2D eigenvalue weighted by atomic mass is 16.5. The predicted molar refractivity (Wildman–Crippen MR) is 101 cm³/mol. The highest BCUT2D eigenvalue weighted by Crippen LogP contribution is 2.31. The third-order valence-corrected chi connectivity index (χ3v) is 4.78. The average molecular weight is 388 g/mol. The Kier molecular flexibility index (Phi) is 6.18. The standard InChI is InChI=1S/C20H24N2O6/c1-2-27-17-11-13(8-9-16(17)28-12-18(23)24)10-15-19(25)22(20(26)21-15)14-6-4-3-5-7-14/h8-11,14H,2-7,12H2,1H3,(H,21,26)(H,23,24)/b15-10-. The van der Waals surface area contributed by atoms with E-state index in [1.165, 1.54) is 4.90 Å². The van der Waals surface area contributed by atoms with Crippen molar-refractivity contribution in [1.82, 2.24) is 10.2 Å². The Labute approximate surface area is 163 Å². The molecular formula is C20H24N2O6. The molecule has 0 aromatic heterocycles. The number of amides is 3. The lowest BCUT2D eigenvalue weighted by atomic mass is 9.94. The van der Waals surface area contributed by atoms with E-state index in [4.69, 9.17) is 14.6 Å². The minimum atomic E-state index is -1.09. The zero-order valence-electron chi connectivity index (χ0n) is 15.8. The summed E-state index contributed by atoms with van der Waals surface area (Å²) in [6.07, 6.45) is 6.46. The maximum atomic E-state index is 12.7. The van der Waals surface area contributed by atoms with Crippen LogP contribution in [-0.4, -0.2) is 47.2 Å². The molecule has 150 valence electrons. The van der Waals surface area contributed by atoms with Gasteiger partial charge in [0.25, 0.3) is 5.91 Å². The number of carbonyl (C=O) groups excluding carboxylic acids is 2. The molecule has 28 heavy (non-hydrogen) atoms. The van der Waals surface area contributed by atoms with Crippen molar-refractivity contribution in [2.75, 3.05) is 13.2 Å². The second-order valence-electron chi connectivity index (χ2n) is 6.78. The first-order chi connectivity index (χ1) is 13.5. The van der Waals surface area contributed by atoms with Crippen molar-refractivity contribution in [1.29, 1.82) is 0 Å². The van der Waals surface area contributed by atoms with Crippen LogP contribution in [-0.2, 0) is 9.59 Å². The summed E-state index contributed by atoms with van der Waals surface area (Å²) >= 11 is 0. The minimum Gasteiger partial charge on any atom is -0.490 e. The number of ether oxygens (including phenoxy) is 2. The van der Waals surface area contributed by atoms with Gasteiger partial charge in [0, 0.05) is 6.04 Å². The van der Waals surface area contributed by atoms with Gasteiger partial charge in [-0.25, -0.2) is 9.59 Å². The van der Waals surface area contributed by atoms with E-state index in [0.717, 1.165) is 32.1 Å². The monoisotopic (exact) mass is 388 g/mol. The van der Waals surface area contributed by atoms with Gasteiger partial charge >= 0.3 is 12.0 Å². The average Bonchev–Trinajstić information content (AvgIpc) is 2.95. The molecule has 3 rings (SSSR count). The van der Waals surface area contributed by atoms with Crippen LogP contribution in [0, 0.1) is 0 Å². The quantitative estimate of drug-likeness (QED) is 0.550. The van der Waals surface area contributed by atoms with Gasteiger partial charge < -0.3 is 19.9 Å². The molecule has 1 aliphatic heterocycles. The number of carboxylic acids is 1. The van der Waals surface area contributed by atoms with Gasteiger partial charge in [0.15, 0.2) is 18.1 Å². The highest BCUT2D eigenvalue weighted by Gasteiger charge is 2.38. The molecule has 1 aliphatic carbocycles. The molecule has 2 aliphatic rings. The van der Waals surface area contributed by atoms with Crippen molar-refractivity contribution < 1.29 is 29.0 Å². The SMILES string of the molecule is CCOc1cc(/C=C2\NC(=O)N(C3CCCCC3)C2=O)ccc1OCC(=O)O. The zero-order chi connectivity index (χ0) is 20.1. The van der Waals surface area contributed by atoms with Gasteiger partial charge in [-0.1, -0.05) is 25.3 Å². The molecule has 1 saturated heterocycles. The molecule has 2 N–H and O–H groups in total. The van der Waals surface area contributed by atoms with Gasteiger partial charge in [0.1, 0.15) is 5.70 Å². The molecule has 2 fully saturated rings. The fourth-order valence-corrected chi connectivity index (χ4v) is 3.53. The lowest BCUT2D eigenvalue weighted by Crippen LogP contribution is -2.41. The summed E-state index contributed by atoms with van der Waals surface area (Å²) in [5.74, 6) is -0.729. The fourth-order valence-electron chi connectivity index (χ4n) is 3.53. The number of nitrogens with one attached hydrogen (secondary N) is 1. The van der Waals surface area contributed by atoms with Crippen LogP contribution >= 0.6 is 0 Å². The lowest BCUT2D eigenvalue weighted by molar-refractivity contribution is -0.139. The maximum absolute atomic E-state index is 12.7. The summed E-state index contributed by atoms with van der Waals surface area (Å²) in [5, 5.41) is 11.4. The van der Waals surface area contributed by atoms with Crippen LogP contribution in [0.3, 0.4) is 0 Å². The van der Waals surface area contributed by atoms with Crippen LogP contribution in [0.4, 0.5) is 4.79 Å². The summed E-state index contributed by atoms with van der Waals surface area (Å²) < 4.78 is 10.7. The molecule has 1 saturated carbocycles. The summed E-state index contributed by atoms with van der Waals surface area (Å²) in [4.78, 5) is 37.1. The van der Waals surface area contributed by atoms with Crippen molar-refractivity contribution in [3.63, 3.8) is 0 Å². The second-order valence-corrected chi connectivity index (χ2v) is 6.78. The molecule has 1 aromatic rings. The van der Waals surface area contributed by atoms with E-state index in [1.807, 2.05) is 0 Å². The molecule has 8 nitrogen and oxygen atoms in total. The van der Waals surface area contributed by atoms with Crippen LogP contribution in [0.25, 0.3) is 6.08 Å². The molecule has 0 radical (unpaired) electrons. The van der Waals surface area contributed by atoms with Gasteiger partial charge in [-0.05, 0) is 43.5 Å². The molecule has 1 aromatic carbocycles. The van der Waals surface area contributed by atoms with Crippen molar-refractivity contribution in [2.24, 2.45) is 0 Å². The number of hydrogen-bond acceptors (Lipinski definition) is 5. The molecule has 0 bridgehead atoms. The number of benzene rings is 1. The normalized spacial score (nSPS) is 19.0. The van der Waals surface area contributed by atoms with Crippen LogP contribution < -0.4 is 14.8 Å². The third-order valence-electron chi connectivity index (χ3n) is 4.78. The molecule has 0 spiro atoms. The number of hydrogen-bond donors (Lipinski definition) is 2. The zero-order valence-corrected chi connectivity index (χ0v) is 15.8. The molecule has 0 unspecified atom stereocenters. The van der Waals surface area contributed by atoms with E-state index < -0.39 is 12.6 Å². The Morgan fingerprint density at radius 2 is 1.96 bits per heavy atom. The number of carbonyl (C=O) groups is 3. The van der Waals surface area contributed by atoms with Crippen LogP contribution in [0.2, 0.25) is 0 Å². The Balaban J connectivity index is 1.80. The molecule has 3 amide bonds. The van der Waals surface area contributed by atoms with E-state index >= 15 is 0 Å². The van der Waals surface area contributed by atoms with Crippen LogP contribution in [0.1, 0.15) is 44.6 Å². The van der Waals surface area contributed by atoms with E-state index in [9.17, 15) is 14.4 Å². The summed E-state index contributed by atoms with van der Waals surface area (Å²) in [5.41, 5.74) is 0.859. The van der Waals surface area contributed by atoms with E-state index in [-0.39, 0.29) is 23.7 Å². The molecule has 1 heterocycles. The largest absolute Gasteiger partial charge is 0.490 e. The molecule has 8 heteroatoms. The van der Waals surface area contributed by atoms with Crippen molar-refractivity contribution >= 4 is 24.0 Å². The van der Waals surface area contributed by atoms with E-state index in [1.54, 1.807) is 31.2 Å². The number of rotatable bonds is 7. The first-order valence-electron chi connectivity index (χ1n) is 9.47. The van der Waals surface area contributed by atoms with Crippen molar-refractivity contribution in [3.05, 3.63) is 29.5 Å². The van der Waals surface area contributed by atoms with E-state index in [0.29, 0.717) is 23.7 Å². The highest BCUT2D eigenvalue weighted by molar-refractivity contribution is 6.14. The Morgan fingerprint density at radius 1 is 1.21 bits per heavy atom. The Hall–Kier alpha value is -3.03. The first kappa shape index (κ1) is 19.7. The van der Waals surface area contributed by atoms with E-state index in [2.05, 4.69) is 5.32 Å². The van der Waals surface area contributed by atoms with Gasteiger partial charge in [-0.2, -0.15) is 0 Å². The van der Waals surface area contributed by atoms with Gasteiger partial charge in [-0.15, -0.1) is 0 Å². The predicted octanol–water partition coefficient (Wildman–Crippen LogP) is 2.77. The van der Waals surface area contributed by atoms with Crippen LogP contribution in [0.5, 0.6) is 11.5 Å². The summed E-state index contributed by atoms with van der Waals surface area (Å²) in [7, 11) is 0. The number of nitrogens with zero attached hydrogens (tertiary/aromatic N) is 1. The number of urea groups is 1. The number of aliphatic carboxylic acids is 1.